The van der Waals surface area contributed by atoms with Crippen LogP contribution in [0.15, 0.2) is 41.6 Å². The van der Waals surface area contributed by atoms with Crippen molar-refractivity contribution >= 4 is 46.8 Å². The fourth-order valence-corrected chi connectivity index (χ4v) is 2.56. The van der Waals surface area contributed by atoms with Crippen LogP contribution in [0.25, 0.3) is 0 Å². The minimum absolute atomic E-state index is 0.466. The Labute approximate surface area is 149 Å². The Balaban J connectivity index is 2.30. The summed E-state index contributed by atoms with van der Waals surface area (Å²) in [5, 5.41) is 16.3. The van der Waals surface area contributed by atoms with Crippen LogP contribution in [0.3, 0.4) is 0 Å². The molecule has 0 saturated heterocycles. The monoisotopic (exact) mass is 366 g/mol. The molecule has 0 spiro atoms. The number of carboxylic acids is 1. The Morgan fingerprint density at radius 3 is 2.71 bits per heavy atom. The van der Waals surface area contributed by atoms with E-state index in [1.165, 1.54) is 0 Å². The van der Waals surface area contributed by atoms with Crippen LogP contribution in [-0.4, -0.2) is 17.3 Å². The summed E-state index contributed by atoms with van der Waals surface area (Å²) in [5.74, 6) is -1.17. The summed E-state index contributed by atoms with van der Waals surface area (Å²) in [6.45, 7) is 3.65. The predicted octanol–water partition coefficient (Wildman–Crippen LogP) is 5.19. The Morgan fingerprint density at radius 2 is 2.00 bits per heavy atom. The van der Waals surface area contributed by atoms with E-state index in [2.05, 4.69) is 10.5 Å². The summed E-state index contributed by atoms with van der Waals surface area (Å²) in [6, 6.07) is 11.0. The van der Waals surface area contributed by atoms with Gasteiger partial charge in [0.15, 0.2) is 12.3 Å². The number of rotatable bonds is 6. The van der Waals surface area contributed by atoms with E-state index in [0.717, 1.165) is 16.8 Å². The lowest BCUT2D eigenvalue weighted by Crippen LogP contribution is -2.03. The summed E-state index contributed by atoms with van der Waals surface area (Å²) in [7, 11) is 0. The Morgan fingerprint density at radius 1 is 1.29 bits per heavy atom. The second-order valence-corrected chi connectivity index (χ2v) is 5.87. The molecule has 0 radical (unpaired) electrons. The highest BCUT2D eigenvalue weighted by Gasteiger charge is 2.15. The third-order valence-electron chi connectivity index (χ3n) is 3.32. The fraction of sp³-hybridized carbons (Fsp3) is 0.176. The zero-order chi connectivity index (χ0) is 17.7. The predicted molar refractivity (Wildman–Crippen MR) is 96.6 cm³/mol. The highest BCUT2D eigenvalue weighted by Crippen LogP contribution is 2.37. The first-order valence-corrected chi connectivity index (χ1v) is 7.88. The van der Waals surface area contributed by atoms with Gasteiger partial charge in [0.1, 0.15) is 0 Å². The second kappa shape index (κ2) is 8.04. The molecule has 126 valence electrons. The van der Waals surface area contributed by atoms with Gasteiger partial charge in [0, 0.05) is 11.3 Å². The molecule has 2 N–H and O–H groups in total. The third kappa shape index (κ3) is 4.40. The standard InChI is InChI=1S/C17H16Cl2N2O3/c1-10-7-8-13(18)17(16(10)19)21-14-6-4-3-5-12(14)11(2)24-20-9-15(22)23/h3-9,11,21H,1-2H3,(H,22,23). The number of anilines is 2. The largest absolute Gasteiger partial charge is 0.477 e. The number of aryl methyl sites for hydroxylation is 1. The molecule has 2 rings (SSSR count). The van der Waals surface area contributed by atoms with Crippen molar-refractivity contribution in [2.24, 2.45) is 5.16 Å². The summed E-state index contributed by atoms with van der Waals surface area (Å²) in [5.41, 5.74) is 3.03. The van der Waals surface area contributed by atoms with Crippen molar-refractivity contribution in [1.29, 1.82) is 0 Å². The molecule has 0 heterocycles. The first-order valence-electron chi connectivity index (χ1n) is 7.12. The first-order chi connectivity index (χ1) is 11.4. The quantitative estimate of drug-likeness (QED) is 0.544. The molecule has 2 aromatic rings. The molecule has 1 unspecified atom stereocenters. The Bertz CT molecular complexity index is 778. The number of hydrogen-bond donors (Lipinski definition) is 2. The number of benzene rings is 2. The zero-order valence-electron chi connectivity index (χ0n) is 13.1. The van der Waals surface area contributed by atoms with Crippen LogP contribution in [0.4, 0.5) is 11.4 Å². The summed E-state index contributed by atoms with van der Waals surface area (Å²) in [6.07, 6.45) is 0.229. The van der Waals surface area contributed by atoms with E-state index < -0.39 is 12.1 Å². The SMILES string of the molecule is Cc1ccc(Cl)c(Nc2ccccc2C(C)ON=CC(=O)O)c1Cl. The van der Waals surface area contributed by atoms with Crippen molar-refractivity contribution in [3.63, 3.8) is 0 Å². The lowest BCUT2D eigenvalue weighted by Gasteiger charge is -2.18. The molecular weight excluding hydrogens is 351 g/mol. The van der Waals surface area contributed by atoms with Gasteiger partial charge in [-0.05, 0) is 31.5 Å². The van der Waals surface area contributed by atoms with E-state index in [1.54, 1.807) is 13.0 Å². The van der Waals surface area contributed by atoms with Gasteiger partial charge in [-0.1, -0.05) is 52.6 Å². The van der Waals surface area contributed by atoms with Crippen molar-refractivity contribution in [3.05, 3.63) is 57.6 Å². The topological polar surface area (TPSA) is 70.9 Å². The van der Waals surface area contributed by atoms with E-state index >= 15 is 0 Å². The van der Waals surface area contributed by atoms with Gasteiger partial charge < -0.3 is 15.3 Å². The van der Waals surface area contributed by atoms with Gasteiger partial charge in [-0.3, -0.25) is 0 Å². The average Bonchev–Trinajstić information content (AvgIpc) is 2.55. The molecule has 24 heavy (non-hydrogen) atoms. The molecule has 7 heteroatoms. The number of carbonyl (C=O) groups is 1. The number of aliphatic carboxylic acids is 1. The number of nitrogens with one attached hydrogen (secondary N) is 1. The molecule has 0 fully saturated rings. The van der Waals surface area contributed by atoms with Crippen LogP contribution in [-0.2, 0) is 9.63 Å². The maximum absolute atomic E-state index is 10.5. The van der Waals surface area contributed by atoms with Gasteiger partial charge >= 0.3 is 5.97 Å². The molecular formula is C17H16Cl2N2O3. The summed E-state index contributed by atoms with van der Waals surface area (Å²) < 4.78 is 0. The third-order valence-corrected chi connectivity index (χ3v) is 4.13. The van der Waals surface area contributed by atoms with E-state index in [0.29, 0.717) is 21.9 Å². The lowest BCUT2D eigenvalue weighted by molar-refractivity contribution is -0.129. The fourth-order valence-electron chi connectivity index (χ4n) is 2.09. The smallest absolute Gasteiger partial charge is 0.350 e. The zero-order valence-corrected chi connectivity index (χ0v) is 14.6. The summed E-state index contributed by atoms with van der Waals surface area (Å²) in [4.78, 5) is 15.6. The van der Waals surface area contributed by atoms with E-state index in [1.807, 2.05) is 37.3 Å². The highest BCUT2D eigenvalue weighted by molar-refractivity contribution is 6.39. The Kier molecular flexibility index (Phi) is 6.06. The van der Waals surface area contributed by atoms with Crippen LogP contribution < -0.4 is 5.32 Å². The van der Waals surface area contributed by atoms with Crippen LogP contribution in [0.2, 0.25) is 10.0 Å². The van der Waals surface area contributed by atoms with E-state index in [4.69, 9.17) is 33.1 Å². The molecule has 2 aromatic carbocycles. The minimum Gasteiger partial charge on any atom is -0.477 e. The molecule has 0 amide bonds. The number of oxime groups is 1. The minimum atomic E-state index is -1.17. The number of para-hydroxylation sites is 1. The number of nitrogens with zero attached hydrogens (tertiary/aromatic N) is 1. The highest BCUT2D eigenvalue weighted by atomic mass is 35.5. The lowest BCUT2D eigenvalue weighted by atomic mass is 10.1. The molecule has 0 aliphatic heterocycles. The van der Waals surface area contributed by atoms with E-state index in [9.17, 15) is 4.79 Å². The molecule has 0 aliphatic rings. The maximum atomic E-state index is 10.5. The van der Waals surface area contributed by atoms with Crippen molar-refractivity contribution in [3.8, 4) is 0 Å². The second-order valence-electron chi connectivity index (χ2n) is 5.09. The van der Waals surface area contributed by atoms with Crippen LogP contribution in [0.5, 0.6) is 0 Å². The molecule has 0 bridgehead atoms. The Hall–Kier alpha value is -2.24. The average molecular weight is 367 g/mol. The molecule has 1 atom stereocenters. The van der Waals surface area contributed by atoms with Gasteiger partial charge in [-0.25, -0.2) is 4.79 Å². The van der Waals surface area contributed by atoms with Gasteiger partial charge in [0.2, 0.25) is 0 Å². The normalized spacial score (nSPS) is 12.2. The van der Waals surface area contributed by atoms with Gasteiger partial charge in [0.25, 0.3) is 0 Å². The van der Waals surface area contributed by atoms with Crippen molar-refractivity contribution in [2.75, 3.05) is 5.32 Å². The molecule has 0 saturated carbocycles. The van der Waals surface area contributed by atoms with Crippen molar-refractivity contribution in [1.82, 2.24) is 0 Å². The van der Waals surface area contributed by atoms with Crippen LogP contribution in [0.1, 0.15) is 24.2 Å². The van der Waals surface area contributed by atoms with Gasteiger partial charge in [-0.15, -0.1) is 0 Å². The first kappa shape index (κ1) is 18.1. The van der Waals surface area contributed by atoms with Crippen molar-refractivity contribution < 1.29 is 14.7 Å². The van der Waals surface area contributed by atoms with Gasteiger partial charge in [-0.2, -0.15) is 0 Å². The number of hydrogen-bond acceptors (Lipinski definition) is 4. The van der Waals surface area contributed by atoms with Crippen LogP contribution in [0, 0.1) is 6.92 Å². The number of carboxylic acid groups (broad SMARTS) is 1. The van der Waals surface area contributed by atoms with Crippen molar-refractivity contribution in [2.45, 2.75) is 20.0 Å². The van der Waals surface area contributed by atoms with Gasteiger partial charge in [0.05, 0.1) is 15.7 Å². The molecule has 0 aromatic heterocycles. The maximum Gasteiger partial charge on any atom is 0.350 e. The molecule has 5 nitrogen and oxygen atoms in total. The number of halogens is 2. The van der Waals surface area contributed by atoms with Crippen LogP contribution >= 0.6 is 23.2 Å². The van der Waals surface area contributed by atoms with E-state index in [-0.39, 0.29) is 0 Å². The molecule has 0 aliphatic carbocycles. The summed E-state index contributed by atoms with van der Waals surface area (Å²) >= 11 is 12.6.